The van der Waals surface area contributed by atoms with E-state index in [1.54, 1.807) is 18.2 Å². The summed E-state index contributed by atoms with van der Waals surface area (Å²) in [7, 11) is -0.202. The van der Waals surface area contributed by atoms with Gasteiger partial charge < -0.3 is 9.47 Å². The monoisotopic (exact) mass is 494 g/mol. The highest BCUT2D eigenvalue weighted by molar-refractivity contribution is 7.66. The second-order valence-corrected chi connectivity index (χ2v) is 9.31. The number of hydrogen-bond donors (Lipinski definition) is 0. The van der Waals surface area contributed by atoms with Gasteiger partial charge in [0.1, 0.15) is 24.7 Å². The van der Waals surface area contributed by atoms with Crippen LogP contribution in [0.2, 0.25) is 10.0 Å². The van der Waals surface area contributed by atoms with Crippen molar-refractivity contribution in [1.82, 2.24) is 0 Å². The Kier molecular flexibility index (Phi) is 8.01. The van der Waals surface area contributed by atoms with Crippen molar-refractivity contribution in [2.75, 3.05) is 0 Å². The van der Waals surface area contributed by atoms with Crippen molar-refractivity contribution < 1.29 is 14.3 Å². The number of rotatable bonds is 9. The SMILES string of the molecule is O=C(Pc1ccc(OCc2ccccc2)cc1OCc1ccccc1)c1c(Cl)cccc1Cl. The summed E-state index contributed by atoms with van der Waals surface area (Å²) in [6.45, 7) is 0.816. The molecule has 0 radical (unpaired) electrons. The Hall–Kier alpha value is -2.84. The molecular formula is C27H21Cl2O3P. The zero-order valence-electron chi connectivity index (χ0n) is 17.6. The van der Waals surface area contributed by atoms with Crippen molar-refractivity contribution >= 4 is 42.6 Å². The highest BCUT2D eigenvalue weighted by Gasteiger charge is 2.18. The molecule has 1 unspecified atom stereocenters. The maximum atomic E-state index is 13.0. The molecule has 6 heteroatoms. The standard InChI is InChI=1S/C27H21Cl2O3P/c28-22-12-7-13-23(29)26(22)27(30)33-25-15-14-21(31-17-19-8-3-1-4-9-19)16-24(25)32-18-20-10-5-2-6-11-20/h1-16,33H,17-18H2. The number of halogens is 2. The molecular weight excluding hydrogens is 474 g/mol. The molecule has 0 fully saturated rings. The molecule has 1 atom stereocenters. The van der Waals surface area contributed by atoms with Gasteiger partial charge in [0, 0.05) is 11.4 Å². The van der Waals surface area contributed by atoms with Crippen LogP contribution in [0.25, 0.3) is 0 Å². The lowest BCUT2D eigenvalue weighted by atomic mass is 10.2. The zero-order chi connectivity index (χ0) is 23.0. The van der Waals surface area contributed by atoms with Crippen LogP contribution in [0.3, 0.4) is 0 Å². The quantitative estimate of drug-likeness (QED) is 0.229. The topological polar surface area (TPSA) is 35.5 Å². The minimum atomic E-state index is -0.202. The van der Waals surface area contributed by atoms with Gasteiger partial charge in [0.25, 0.3) is 0 Å². The van der Waals surface area contributed by atoms with Crippen molar-refractivity contribution in [3.05, 3.63) is 124 Å². The van der Waals surface area contributed by atoms with Crippen LogP contribution in [0, 0.1) is 0 Å². The molecule has 0 aliphatic carbocycles. The first-order chi connectivity index (χ1) is 16.1. The van der Waals surface area contributed by atoms with Crippen LogP contribution in [0.15, 0.2) is 97.1 Å². The summed E-state index contributed by atoms with van der Waals surface area (Å²) < 4.78 is 12.1. The molecule has 0 amide bonds. The van der Waals surface area contributed by atoms with Gasteiger partial charge in [0.15, 0.2) is 5.52 Å². The van der Waals surface area contributed by atoms with E-state index in [0.29, 0.717) is 40.3 Å². The molecule has 0 spiro atoms. The van der Waals surface area contributed by atoms with Crippen LogP contribution in [-0.2, 0) is 13.2 Å². The Labute approximate surface area is 205 Å². The van der Waals surface area contributed by atoms with Crippen LogP contribution in [0.4, 0.5) is 0 Å². The summed E-state index contributed by atoms with van der Waals surface area (Å²) in [5, 5.41) is 1.45. The van der Waals surface area contributed by atoms with Gasteiger partial charge >= 0.3 is 0 Å². The van der Waals surface area contributed by atoms with Crippen LogP contribution >= 0.6 is 31.8 Å². The van der Waals surface area contributed by atoms with E-state index in [0.717, 1.165) is 16.4 Å². The Morgan fingerprint density at radius 2 is 1.27 bits per heavy atom. The van der Waals surface area contributed by atoms with Crippen molar-refractivity contribution in [1.29, 1.82) is 0 Å². The van der Waals surface area contributed by atoms with E-state index in [1.165, 1.54) is 0 Å². The maximum Gasteiger partial charge on any atom is 0.188 e. The first-order valence-corrected chi connectivity index (χ1v) is 12.1. The van der Waals surface area contributed by atoms with Gasteiger partial charge in [0.05, 0.1) is 15.6 Å². The molecule has 0 saturated carbocycles. The second-order valence-electron chi connectivity index (χ2n) is 7.26. The average molecular weight is 495 g/mol. The smallest absolute Gasteiger partial charge is 0.188 e. The molecule has 33 heavy (non-hydrogen) atoms. The third kappa shape index (κ3) is 6.36. The molecule has 0 bridgehead atoms. The Balaban J connectivity index is 1.56. The number of benzene rings is 4. The molecule has 3 nitrogen and oxygen atoms in total. The molecule has 0 heterocycles. The van der Waals surface area contributed by atoms with Crippen LogP contribution in [-0.4, -0.2) is 5.52 Å². The fourth-order valence-corrected chi connectivity index (χ4v) is 4.99. The third-order valence-corrected chi connectivity index (χ3v) is 6.67. The van der Waals surface area contributed by atoms with E-state index in [4.69, 9.17) is 32.7 Å². The van der Waals surface area contributed by atoms with E-state index < -0.39 is 0 Å². The zero-order valence-corrected chi connectivity index (χ0v) is 20.1. The minimum absolute atomic E-state index is 0.145. The predicted octanol–water partition coefficient (Wildman–Crippen LogP) is 7.30. The molecule has 0 saturated heterocycles. The Morgan fingerprint density at radius 3 is 1.88 bits per heavy atom. The number of carbonyl (C=O) groups is 1. The van der Waals surface area contributed by atoms with Gasteiger partial charge in [-0.1, -0.05) is 89.9 Å². The van der Waals surface area contributed by atoms with E-state index in [9.17, 15) is 4.79 Å². The molecule has 0 aliphatic rings. The van der Waals surface area contributed by atoms with Gasteiger partial charge in [-0.2, -0.15) is 0 Å². The second kappa shape index (κ2) is 11.3. The summed E-state index contributed by atoms with van der Waals surface area (Å²) in [4.78, 5) is 13.0. The van der Waals surface area contributed by atoms with Gasteiger partial charge in [-0.15, -0.1) is 0 Å². The fraction of sp³-hybridized carbons (Fsp3) is 0.0741. The lowest BCUT2D eigenvalue weighted by molar-refractivity contribution is 0.108. The van der Waals surface area contributed by atoms with Crippen LogP contribution in [0.5, 0.6) is 11.5 Å². The van der Waals surface area contributed by atoms with Crippen LogP contribution in [0.1, 0.15) is 21.5 Å². The fourth-order valence-electron chi connectivity index (χ4n) is 3.19. The molecule has 0 N–H and O–H groups in total. The first-order valence-electron chi connectivity index (χ1n) is 10.3. The summed E-state index contributed by atoms with van der Waals surface area (Å²) in [5.41, 5.74) is 2.28. The molecule has 0 aliphatic heterocycles. The normalized spacial score (nSPS) is 11.0. The summed E-state index contributed by atoms with van der Waals surface area (Å²) >= 11 is 12.5. The van der Waals surface area contributed by atoms with Crippen molar-refractivity contribution in [3.8, 4) is 11.5 Å². The molecule has 166 valence electrons. The molecule has 0 aromatic heterocycles. The van der Waals surface area contributed by atoms with Crippen molar-refractivity contribution in [3.63, 3.8) is 0 Å². The van der Waals surface area contributed by atoms with E-state index >= 15 is 0 Å². The van der Waals surface area contributed by atoms with Gasteiger partial charge in [-0.05, 0) is 44.0 Å². The van der Waals surface area contributed by atoms with Gasteiger partial charge in [-0.3, -0.25) is 4.79 Å². The first kappa shape index (κ1) is 23.3. The van der Waals surface area contributed by atoms with E-state index in [-0.39, 0.29) is 14.1 Å². The average Bonchev–Trinajstić information content (AvgIpc) is 2.83. The lowest BCUT2D eigenvalue weighted by Crippen LogP contribution is -2.09. The van der Waals surface area contributed by atoms with Gasteiger partial charge in [-0.25, -0.2) is 0 Å². The largest absolute Gasteiger partial charge is 0.489 e. The predicted molar refractivity (Wildman–Crippen MR) is 137 cm³/mol. The minimum Gasteiger partial charge on any atom is -0.489 e. The highest BCUT2D eigenvalue weighted by atomic mass is 35.5. The molecule has 4 aromatic rings. The van der Waals surface area contributed by atoms with E-state index in [1.807, 2.05) is 78.9 Å². The molecule has 4 aromatic carbocycles. The highest BCUT2D eigenvalue weighted by Crippen LogP contribution is 2.33. The van der Waals surface area contributed by atoms with Gasteiger partial charge in [0.2, 0.25) is 0 Å². The summed E-state index contributed by atoms with van der Waals surface area (Å²) in [6.07, 6.45) is 0. The Bertz CT molecular complexity index is 1210. The summed E-state index contributed by atoms with van der Waals surface area (Å²) in [6, 6.07) is 30.4. The third-order valence-electron chi connectivity index (χ3n) is 4.88. The van der Waals surface area contributed by atoms with Crippen LogP contribution < -0.4 is 14.8 Å². The number of ether oxygens (including phenoxy) is 2. The number of carbonyl (C=O) groups excluding carboxylic acids is 1. The van der Waals surface area contributed by atoms with E-state index in [2.05, 4.69) is 0 Å². The summed E-state index contributed by atoms with van der Waals surface area (Å²) in [5.74, 6) is 1.26. The van der Waals surface area contributed by atoms with Crippen molar-refractivity contribution in [2.24, 2.45) is 0 Å². The maximum absolute atomic E-state index is 13.0. The Morgan fingerprint density at radius 1 is 0.697 bits per heavy atom. The number of hydrogen-bond acceptors (Lipinski definition) is 3. The molecule has 4 rings (SSSR count). The lowest BCUT2D eigenvalue weighted by Gasteiger charge is -2.15. The van der Waals surface area contributed by atoms with Crippen molar-refractivity contribution in [2.45, 2.75) is 13.2 Å².